The maximum absolute atomic E-state index is 14.2. The van der Waals surface area contributed by atoms with E-state index in [1.807, 2.05) is 11.1 Å². The zero-order chi connectivity index (χ0) is 20.3. The number of rotatable bonds is 5. The third-order valence-electron chi connectivity index (χ3n) is 3.82. The highest BCUT2D eigenvalue weighted by molar-refractivity contribution is 7.16. The zero-order valence-electron chi connectivity index (χ0n) is 14.1. The van der Waals surface area contributed by atoms with E-state index in [4.69, 9.17) is 5.26 Å². The lowest BCUT2D eigenvalue weighted by Crippen LogP contribution is -2.42. The average molecular weight is 402 g/mol. The molecule has 1 amide bonds. The first kappa shape index (κ1) is 19.2. The van der Waals surface area contributed by atoms with E-state index < -0.39 is 28.6 Å². The predicted octanol–water partition coefficient (Wildman–Crippen LogP) is 2.07. The molecule has 0 radical (unpaired) electrons. The number of aromatic nitrogens is 2. The van der Waals surface area contributed by atoms with Crippen LogP contribution in [-0.4, -0.2) is 15.9 Å². The molecule has 0 spiro atoms. The number of thiophene rings is 1. The van der Waals surface area contributed by atoms with Crippen molar-refractivity contribution >= 4 is 17.2 Å². The van der Waals surface area contributed by atoms with Crippen molar-refractivity contribution in [1.29, 1.82) is 5.26 Å². The van der Waals surface area contributed by atoms with Gasteiger partial charge in [-0.15, -0.1) is 11.3 Å². The van der Waals surface area contributed by atoms with Crippen LogP contribution >= 0.6 is 11.3 Å². The number of hydrogen-bond donors (Lipinski definition) is 3. The predicted molar refractivity (Wildman–Crippen MR) is 97.9 cm³/mol. The van der Waals surface area contributed by atoms with E-state index in [0.29, 0.717) is 16.6 Å². The number of nitriles is 1. The standard InChI is InChI=1S/C18H12F2N4O3S/c19-18(20,13-9-23-17(27)24-15(13)25)16(26)22-8-10-2-1-3-11(6-10)14-5-4-12(7-21)28-14/h1-6,9H,8H2,(H,22,26)(H2,23,24,25,27). The molecule has 0 atom stereocenters. The quantitative estimate of drug-likeness (QED) is 0.605. The Bertz CT molecular complexity index is 1190. The lowest BCUT2D eigenvalue weighted by molar-refractivity contribution is -0.147. The smallest absolute Gasteiger partial charge is 0.346 e. The molecule has 2 aromatic heterocycles. The topological polar surface area (TPSA) is 119 Å². The van der Waals surface area contributed by atoms with Crippen LogP contribution in [-0.2, 0) is 17.3 Å². The molecular weight excluding hydrogens is 390 g/mol. The van der Waals surface area contributed by atoms with E-state index >= 15 is 0 Å². The van der Waals surface area contributed by atoms with Crippen LogP contribution in [0.1, 0.15) is 16.0 Å². The first-order chi connectivity index (χ1) is 13.3. The van der Waals surface area contributed by atoms with Crippen LogP contribution in [0.3, 0.4) is 0 Å². The third-order valence-corrected chi connectivity index (χ3v) is 4.86. The Labute approximate surface area is 160 Å². The Kier molecular flexibility index (Phi) is 5.19. The van der Waals surface area contributed by atoms with Crippen molar-refractivity contribution in [2.45, 2.75) is 12.5 Å². The molecule has 0 unspecified atom stereocenters. The number of alkyl halides is 2. The monoisotopic (exact) mass is 402 g/mol. The lowest BCUT2D eigenvalue weighted by Gasteiger charge is -2.15. The molecule has 3 N–H and O–H groups in total. The Morgan fingerprint density at radius 2 is 2.04 bits per heavy atom. The lowest BCUT2D eigenvalue weighted by atomic mass is 10.1. The van der Waals surface area contributed by atoms with E-state index in [1.54, 1.807) is 41.4 Å². The van der Waals surface area contributed by atoms with Crippen molar-refractivity contribution in [2.75, 3.05) is 0 Å². The van der Waals surface area contributed by atoms with Gasteiger partial charge in [0.05, 0.1) is 0 Å². The Hall–Kier alpha value is -3.58. The summed E-state index contributed by atoms with van der Waals surface area (Å²) in [6.07, 6.45) is 0.519. The zero-order valence-corrected chi connectivity index (χ0v) is 14.9. The first-order valence-electron chi connectivity index (χ1n) is 7.89. The molecule has 0 bridgehead atoms. The third kappa shape index (κ3) is 3.89. The van der Waals surface area contributed by atoms with Gasteiger partial charge in [0.2, 0.25) is 0 Å². The van der Waals surface area contributed by atoms with E-state index in [0.717, 1.165) is 10.4 Å². The molecule has 10 heteroatoms. The summed E-state index contributed by atoms with van der Waals surface area (Å²) in [4.78, 5) is 39.4. The molecular formula is C18H12F2N4O3S. The van der Waals surface area contributed by atoms with E-state index in [9.17, 15) is 23.2 Å². The number of amides is 1. The Balaban J connectivity index is 1.75. The molecule has 0 aliphatic carbocycles. The maximum atomic E-state index is 14.2. The van der Waals surface area contributed by atoms with Gasteiger partial charge in [-0.2, -0.15) is 14.0 Å². The summed E-state index contributed by atoms with van der Waals surface area (Å²) in [5.74, 6) is -5.79. The van der Waals surface area contributed by atoms with Crippen LogP contribution in [0.25, 0.3) is 10.4 Å². The highest BCUT2D eigenvalue weighted by Gasteiger charge is 2.43. The summed E-state index contributed by atoms with van der Waals surface area (Å²) in [6, 6.07) is 12.3. The van der Waals surface area contributed by atoms with Crippen LogP contribution in [0.2, 0.25) is 0 Å². The van der Waals surface area contributed by atoms with E-state index in [2.05, 4.69) is 5.32 Å². The number of halogens is 2. The fourth-order valence-corrected chi connectivity index (χ4v) is 3.25. The molecule has 142 valence electrons. The minimum atomic E-state index is -4.12. The fourth-order valence-electron chi connectivity index (χ4n) is 2.45. The molecule has 3 rings (SSSR count). The second-order valence-corrected chi connectivity index (χ2v) is 6.80. The van der Waals surface area contributed by atoms with Crippen molar-refractivity contribution < 1.29 is 13.6 Å². The van der Waals surface area contributed by atoms with Gasteiger partial charge < -0.3 is 10.3 Å². The van der Waals surface area contributed by atoms with Crippen molar-refractivity contribution in [3.63, 3.8) is 0 Å². The summed E-state index contributed by atoms with van der Waals surface area (Å²) >= 11 is 1.29. The number of nitrogens with one attached hydrogen (secondary N) is 3. The molecule has 3 aromatic rings. The number of hydrogen-bond acceptors (Lipinski definition) is 5. The number of carbonyl (C=O) groups is 1. The molecule has 0 saturated heterocycles. The van der Waals surface area contributed by atoms with Crippen LogP contribution in [0, 0.1) is 11.3 Å². The van der Waals surface area contributed by atoms with Gasteiger partial charge in [0.25, 0.3) is 11.5 Å². The van der Waals surface area contributed by atoms with Gasteiger partial charge in [0.1, 0.15) is 16.5 Å². The first-order valence-corrected chi connectivity index (χ1v) is 8.71. The Morgan fingerprint density at radius 3 is 2.71 bits per heavy atom. The molecule has 1 aromatic carbocycles. The summed E-state index contributed by atoms with van der Waals surface area (Å²) < 4.78 is 28.5. The summed E-state index contributed by atoms with van der Waals surface area (Å²) in [5.41, 5.74) is -2.10. The van der Waals surface area contributed by atoms with E-state index in [1.165, 1.54) is 11.3 Å². The number of aromatic amines is 2. The van der Waals surface area contributed by atoms with Gasteiger partial charge >= 0.3 is 11.6 Å². The SMILES string of the molecule is N#Cc1ccc(-c2cccc(CNC(=O)C(F)(F)c3c[nH]c(=O)[nH]c3=O)c2)s1. The number of benzene rings is 1. The van der Waals surface area contributed by atoms with Crippen molar-refractivity contribution in [3.05, 3.63) is 79.4 Å². The maximum Gasteiger partial charge on any atom is 0.356 e. The summed E-state index contributed by atoms with van der Waals surface area (Å²) in [7, 11) is 0. The van der Waals surface area contributed by atoms with Gasteiger partial charge in [-0.1, -0.05) is 18.2 Å². The van der Waals surface area contributed by atoms with Crippen LogP contribution in [0.15, 0.2) is 52.2 Å². The van der Waals surface area contributed by atoms with Gasteiger partial charge in [-0.25, -0.2) is 4.79 Å². The molecule has 28 heavy (non-hydrogen) atoms. The van der Waals surface area contributed by atoms with E-state index in [-0.39, 0.29) is 6.54 Å². The van der Waals surface area contributed by atoms with Crippen LogP contribution < -0.4 is 16.6 Å². The molecule has 0 fully saturated rings. The fraction of sp³-hybridized carbons (Fsp3) is 0.111. The number of H-pyrrole nitrogens is 2. The van der Waals surface area contributed by atoms with Crippen LogP contribution in [0.4, 0.5) is 8.78 Å². The number of nitrogens with zero attached hydrogens (tertiary/aromatic N) is 1. The average Bonchev–Trinajstić information content (AvgIpc) is 3.15. The highest BCUT2D eigenvalue weighted by Crippen LogP contribution is 2.28. The molecule has 0 aliphatic rings. The van der Waals surface area contributed by atoms with Gasteiger partial charge in [0.15, 0.2) is 0 Å². The largest absolute Gasteiger partial charge is 0.356 e. The van der Waals surface area contributed by atoms with Crippen LogP contribution in [0.5, 0.6) is 0 Å². The van der Waals surface area contributed by atoms with Gasteiger partial charge in [-0.3, -0.25) is 14.6 Å². The minimum Gasteiger partial charge on any atom is -0.346 e. The Morgan fingerprint density at radius 1 is 1.25 bits per heavy atom. The van der Waals surface area contributed by atoms with Crippen molar-refractivity contribution in [1.82, 2.24) is 15.3 Å². The van der Waals surface area contributed by atoms with Crippen molar-refractivity contribution in [2.24, 2.45) is 0 Å². The second-order valence-electron chi connectivity index (χ2n) is 5.72. The van der Waals surface area contributed by atoms with Gasteiger partial charge in [0, 0.05) is 17.6 Å². The number of carbonyl (C=O) groups excluding carboxylic acids is 1. The van der Waals surface area contributed by atoms with Crippen molar-refractivity contribution in [3.8, 4) is 16.5 Å². The van der Waals surface area contributed by atoms with Gasteiger partial charge in [-0.05, 0) is 29.3 Å². The summed E-state index contributed by atoms with van der Waals surface area (Å²) in [5, 5.41) is 11.0. The second kappa shape index (κ2) is 7.58. The molecule has 2 heterocycles. The molecule has 7 nitrogen and oxygen atoms in total. The normalized spacial score (nSPS) is 11.0. The molecule has 0 aliphatic heterocycles. The summed E-state index contributed by atoms with van der Waals surface area (Å²) in [6.45, 7) is -0.194. The molecule has 0 saturated carbocycles. The minimum absolute atomic E-state index is 0.194. The highest BCUT2D eigenvalue weighted by atomic mass is 32.1.